The molecule has 2 aromatic carbocycles. The molecule has 0 radical (unpaired) electrons. The van der Waals surface area contributed by atoms with Gasteiger partial charge in [-0.25, -0.2) is 0 Å². The number of aliphatic imine (C=N–C) groups is 1. The van der Waals surface area contributed by atoms with Crippen LogP contribution in [0.15, 0.2) is 65.7 Å². The molecule has 1 saturated heterocycles. The van der Waals surface area contributed by atoms with Crippen LogP contribution in [0.25, 0.3) is 0 Å². The van der Waals surface area contributed by atoms with E-state index in [4.69, 9.17) is 34.4 Å². The summed E-state index contributed by atoms with van der Waals surface area (Å²) in [5.74, 6) is -12.1. The first-order valence-corrected chi connectivity index (χ1v) is 28.4. The van der Waals surface area contributed by atoms with Crippen LogP contribution in [0.3, 0.4) is 0 Å². The molecule has 10 amide bonds. The van der Waals surface area contributed by atoms with Crippen LogP contribution in [-0.2, 0) is 70.4 Å². The molecule has 3 rings (SSSR count). The molecule has 29 nitrogen and oxygen atoms in total. The molecule has 1 fully saturated rings. The Hall–Kier alpha value is -8.38. The molecular formula is C53H79N15O14S. The van der Waals surface area contributed by atoms with Crippen molar-refractivity contribution < 1.29 is 67.7 Å². The number of guanidine groups is 1. The second-order valence-electron chi connectivity index (χ2n) is 19.7. The number of hydrogen-bond donors (Lipinski definition) is 15. The number of nitrogens with zero attached hydrogens (tertiary/aromatic N) is 2. The van der Waals surface area contributed by atoms with Crippen LogP contribution in [0.2, 0.25) is 0 Å². The van der Waals surface area contributed by atoms with E-state index in [0.29, 0.717) is 29.7 Å². The molecule has 0 aromatic heterocycles. The van der Waals surface area contributed by atoms with E-state index in [9.17, 15) is 67.7 Å². The van der Waals surface area contributed by atoms with Crippen molar-refractivity contribution in [1.82, 2.24) is 42.1 Å². The molecule has 1 aliphatic heterocycles. The molecule has 83 heavy (non-hydrogen) atoms. The van der Waals surface area contributed by atoms with Gasteiger partial charge in [-0.2, -0.15) is 11.8 Å². The van der Waals surface area contributed by atoms with Crippen molar-refractivity contribution in [3.05, 3.63) is 71.8 Å². The van der Waals surface area contributed by atoms with Crippen molar-refractivity contribution in [3.8, 4) is 0 Å². The van der Waals surface area contributed by atoms with Gasteiger partial charge in [-0.3, -0.25) is 62.5 Å². The number of carboxylic acids is 2. The Balaban J connectivity index is 1.93. The number of nitrogens with two attached hydrogens (primary N) is 6. The lowest BCUT2D eigenvalue weighted by Crippen LogP contribution is -2.61. The van der Waals surface area contributed by atoms with E-state index in [-0.39, 0.29) is 77.0 Å². The first-order valence-electron chi connectivity index (χ1n) is 27.0. The van der Waals surface area contributed by atoms with E-state index in [1.54, 1.807) is 66.9 Å². The van der Waals surface area contributed by atoms with Gasteiger partial charge in [0.15, 0.2) is 5.96 Å². The Morgan fingerprint density at radius 3 is 1.55 bits per heavy atom. The third kappa shape index (κ3) is 25.1. The summed E-state index contributed by atoms with van der Waals surface area (Å²) in [4.78, 5) is 165. The Kier molecular flexibility index (Phi) is 30.0. The standard InChI is InChI=1S/C53H79N15O14S/c1-83-25-21-36(48(78)61-34(17-10-23-60-53(58)59)46(76)65-37(44(57)74)26-30-12-4-2-5-13-30)63-49(79)38(27-31-14-6-3-7-15-31)66-50(80)39(29-43(72)73)67-47(77)35(19-20-41(56)69)62-45(75)33(16-8-9-22-54)64-51(81)40-18-11-24-68(40)52(82)32(55)28-42(70)71/h2-7,12-15,32-40H,8-11,16-29,54-55H2,1H3,(H2,56,69)(H2,57,74)(H,61,78)(H,62,75)(H,63,79)(H,64,81)(H,65,76)(H,66,80)(H,67,77)(H,70,71)(H,72,73)(H4,58,59,60)/t32-,33-,34-,35-,36-,37-,38-,39-,40-/m0/s1. The predicted molar refractivity (Wildman–Crippen MR) is 304 cm³/mol. The van der Waals surface area contributed by atoms with Crippen LogP contribution in [0.5, 0.6) is 0 Å². The number of likely N-dealkylation sites (tertiary alicyclic amines) is 1. The molecule has 0 aliphatic carbocycles. The highest BCUT2D eigenvalue weighted by atomic mass is 32.2. The van der Waals surface area contributed by atoms with E-state index in [1.807, 2.05) is 0 Å². The molecule has 1 heterocycles. The van der Waals surface area contributed by atoms with Crippen molar-refractivity contribution in [1.29, 1.82) is 0 Å². The maximum atomic E-state index is 14.5. The number of amides is 10. The summed E-state index contributed by atoms with van der Waals surface area (Å²) < 4.78 is 0. The number of aliphatic carboxylic acids is 2. The molecule has 0 spiro atoms. The van der Waals surface area contributed by atoms with Crippen molar-refractivity contribution >= 4 is 88.7 Å². The van der Waals surface area contributed by atoms with Gasteiger partial charge in [-0.1, -0.05) is 60.7 Å². The minimum Gasteiger partial charge on any atom is -0.481 e. The zero-order valence-corrected chi connectivity index (χ0v) is 47.1. The molecule has 21 N–H and O–H groups in total. The number of unbranched alkanes of at least 4 members (excludes halogenated alkanes) is 1. The first-order chi connectivity index (χ1) is 39.4. The summed E-state index contributed by atoms with van der Waals surface area (Å²) in [6.07, 6.45) is -0.0110. The third-order valence-electron chi connectivity index (χ3n) is 13.1. The van der Waals surface area contributed by atoms with E-state index >= 15 is 0 Å². The van der Waals surface area contributed by atoms with Gasteiger partial charge in [0.2, 0.25) is 59.1 Å². The van der Waals surface area contributed by atoms with Crippen LogP contribution in [-0.4, -0.2) is 178 Å². The Morgan fingerprint density at radius 2 is 1.05 bits per heavy atom. The maximum Gasteiger partial charge on any atom is 0.305 e. The number of nitrogens with one attached hydrogen (secondary N) is 7. The Bertz CT molecular complexity index is 2580. The highest BCUT2D eigenvalue weighted by molar-refractivity contribution is 7.98. The quantitative estimate of drug-likeness (QED) is 0.0172. The van der Waals surface area contributed by atoms with Gasteiger partial charge in [0.05, 0.1) is 18.9 Å². The molecule has 0 unspecified atom stereocenters. The van der Waals surface area contributed by atoms with Crippen LogP contribution in [0, 0.1) is 0 Å². The van der Waals surface area contributed by atoms with Crippen molar-refractivity contribution in [2.75, 3.05) is 31.6 Å². The normalized spacial score (nSPS) is 15.7. The Morgan fingerprint density at radius 1 is 0.590 bits per heavy atom. The molecule has 2 aromatic rings. The minimum absolute atomic E-state index is 0.0132. The van der Waals surface area contributed by atoms with E-state index in [0.717, 1.165) is 4.90 Å². The maximum absolute atomic E-state index is 14.5. The first kappa shape index (κ1) is 68.9. The summed E-state index contributed by atoms with van der Waals surface area (Å²) in [7, 11) is 0. The van der Waals surface area contributed by atoms with Gasteiger partial charge in [-0.05, 0) is 87.5 Å². The minimum atomic E-state index is -1.96. The average molecular weight is 1180 g/mol. The van der Waals surface area contributed by atoms with Crippen LogP contribution >= 0.6 is 11.8 Å². The largest absolute Gasteiger partial charge is 0.481 e. The van der Waals surface area contributed by atoms with Crippen LogP contribution in [0.4, 0.5) is 0 Å². The molecule has 30 heteroatoms. The molecular weight excluding hydrogens is 1100 g/mol. The molecule has 9 atom stereocenters. The summed E-state index contributed by atoms with van der Waals surface area (Å²) in [5.41, 5.74) is 34.8. The number of benzene rings is 2. The van der Waals surface area contributed by atoms with Crippen molar-refractivity contribution in [2.24, 2.45) is 39.4 Å². The predicted octanol–water partition coefficient (Wildman–Crippen LogP) is -4.18. The number of primary amides is 2. The SMILES string of the molecule is CSCC[C@H](NC(=O)[C@H](Cc1ccccc1)NC(=O)[C@H](CC(=O)O)NC(=O)[C@H](CCC(N)=O)NC(=O)[C@H](CCCCN)NC(=O)[C@@H]1CCCN1C(=O)[C@@H](N)CC(=O)O)C(=O)N[C@@H](CCCN=C(N)N)C(=O)N[C@@H](Cc1ccccc1)C(N)=O. The number of carboxylic acid groups (broad SMARTS) is 2. The highest BCUT2D eigenvalue weighted by Gasteiger charge is 2.39. The fourth-order valence-corrected chi connectivity index (χ4v) is 9.27. The fourth-order valence-electron chi connectivity index (χ4n) is 8.80. The number of hydrogen-bond acceptors (Lipinski definition) is 16. The molecule has 0 saturated carbocycles. The lowest BCUT2D eigenvalue weighted by Gasteiger charge is -2.29. The Labute approximate surface area is 484 Å². The summed E-state index contributed by atoms with van der Waals surface area (Å²) in [6.45, 7) is 0.337. The summed E-state index contributed by atoms with van der Waals surface area (Å²) in [5, 5.41) is 36.9. The second-order valence-corrected chi connectivity index (χ2v) is 20.7. The fraction of sp³-hybridized carbons (Fsp3) is 0.528. The van der Waals surface area contributed by atoms with Gasteiger partial charge in [-0.15, -0.1) is 0 Å². The van der Waals surface area contributed by atoms with Crippen molar-refractivity contribution in [3.63, 3.8) is 0 Å². The van der Waals surface area contributed by atoms with Crippen molar-refractivity contribution in [2.45, 2.75) is 144 Å². The van der Waals surface area contributed by atoms with Gasteiger partial charge in [0.1, 0.15) is 48.3 Å². The zero-order chi connectivity index (χ0) is 61.6. The number of rotatable bonds is 38. The van der Waals surface area contributed by atoms with Gasteiger partial charge in [0.25, 0.3) is 0 Å². The second kappa shape index (κ2) is 36.2. The van der Waals surface area contributed by atoms with E-state index in [1.165, 1.54) is 11.8 Å². The lowest BCUT2D eigenvalue weighted by molar-refractivity contribution is -0.144. The topological polar surface area (TPSA) is 501 Å². The summed E-state index contributed by atoms with van der Waals surface area (Å²) in [6, 6.07) is 3.87. The molecule has 0 bridgehead atoms. The van der Waals surface area contributed by atoms with E-state index < -0.39 is 151 Å². The van der Waals surface area contributed by atoms with Crippen LogP contribution < -0.4 is 71.6 Å². The number of carbonyl (C=O) groups is 12. The van der Waals surface area contributed by atoms with Gasteiger partial charge >= 0.3 is 11.9 Å². The molecule has 456 valence electrons. The zero-order valence-electron chi connectivity index (χ0n) is 46.3. The average Bonchev–Trinajstić information content (AvgIpc) is 4.22. The highest BCUT2D eigenvalue weighted by Crippen LogP contribution is 2.20. The lowest BCUT2D eigenvalue weighted by atomic mass is 10.0. The van der Waals surface area contributed by atoms with Gasteiger partial charge in [0, 0.05) is 32.4 Å². The van der Waals surface area contributed by atoms with Gasteiger partial charge < -0.3 is 86.7 Å². The van der Waals surface area contributed by atoms with E-state index in [2.05, 4.69) is 42.2 Å². The third-order valence-corrected chi connectivity index (χ3v) is 13.8. The molecule has 1 aliphatic rings. The number of thioether (sulfide) groups is 1. The monoisotopic (exact) mass is 1180 g/mol. The number of carbonyl (C=O) groups excluding carboxylic acids is 10. The van der Waals surface area contributed by atoms with Crippen LogP contribution in [0.1, 0.15) is 88.2 Å². The smallest absolute Gasteiger partial charge is 0.305 e. The summed E-state index contributed by atoms with van der Waals surface area (Å²) >= 11 is 1.32.